The summed E-state index contributed by atoms with van der Waals surface area (Å²) in [5.41, 5.74) is 1.23. The molecule has 0 radical (unpaired) electrons. The summed E-state index contributed by atoms with van der Waals surface area (Å²) in [6.07, 6.45) is 6.02. The van der Waals surface area contributed by atoms with Gasteiger partial charge in [0.05, 0.1) is 5.75 Å². The molecule has 0 saturated carbocycles. The number of hydrogen-bond acceptors (Lipinski definition) is 7. The van der Waals surface area contributed by atoms with E-state index in [1.165, 1.54) is 23.7 Å². The summed E-state index contributed by atoms with van der Waals surface area (Å²) >= 11 is 1.33. The maximum atomic E-state index is 12.8. The van der Waals surface area contributed by atoms with Crippen LogP contribution >= 0.6 is 11.8 Å². The third-order valence-electron chi connectivity index (χ3n) is 5.07. The van der Waals surface area contributed by atoms with Gasteiger partial charge in [0, 0.05) is 51.5 Å². The number of piperidine rings is 1. The van der Waals surface area contributed by atoms with E-state index in [4.69, 9.17) is 4.42 Å². The molecule has 0 aromatic carbocycles. The first-order chi connectivity index (χ1) is 12.7. The van der Waals surface area contributed by atoms with E-state index < -0.39 is 0 Å². The minimum absolute atomic E-state index is 0.170. The van der Waals surface area contributed by atoms with Gasteiger partial charge in [-0.1, -0.05) is 17.8 Å². The Morgan fingerprint density at radius 3 is 3.00 bits per heavy atom. The molecule has 5 heterocycles. The van der Waals surface area contributed by atoms with Gasteiger partial charge in [-0.25, -0.2) is 0 Å². The van der Waals surface area contributed by atoms with Gasteiger partial charge >= 0.3 is 0 Å². The number of nitrogens with zero attached hydrogens (tertiary/aromatic N) is 5. The molecule has 0 N–H and O–H groups in total. The van der Waals surface area contributed by atoms with Crippen molar-refractivity contribution in [2.24, 2.45) is 5.92 Å². The molecule has 0 aliphatic carbocycles. The van der Waals surface area contributed by atoms with Gasteiger partial charge in [-0.15, -0.1) is 10.2 Å². The first-order valence-corrected chi connectivity index (χ1v) is 9.99. The lowest BCUT2D eigenvalue weighted by Gasteiger charge is -2.36. The summed E-state index contributed by atoms with van der Waals surface area (Å²) < 4.78 is 5.35. The number of pyridine rings is 1. The predicted octanol–water partition coefficient (Wildman–Crippen LogP) is 1.99. The van der Waals surface area contributed by atoms with E-state index in [1.807, 2.05) is 12.3 Å². The molecular weight excluding hydrogens is 350 g/mol. The Morgan fingerprint density at radius 1 is 1.31 bits per heavy atom. The second-order valence-electron chi connectivity index (χ2n) is 7.07. The van der Waals surface area contributed by atoms with Crippen LogP contribution in [0.5, 0.6) is 0 Å². The van der Waals surface area contributed by atoms with E-state index in [-0.39, 0.29) is 5.91 Å². The lowest BCUT2D eigenvalue weighted by atomic mass is 9.95. The molecule has 7 nitrogen and oxygen atoms in total. The van der Waals surface area contributed by atoms with E-state index >= 15 is 0 Å². The number of fused-ring (bicyclic) bond motifs is 4. The fourth-order valence-electron chi connectivity index (χ4n) is 3.91. The molecule has 5 rings (SSSR count). The SMILES string of the molecule is Cc1nnc(SCC(=O)N2C[C@H]3CC[C@@H]2CN(Cc2cccnc2)C3)o1. The number of thioether (sulfide) groups is 1. The number of aromatic nitrogens is 3. The third-order valence-corrected chi connectivity index (χ3v) is 5.87. The largest absolute Gasteiger partial charge is 0.416 e. The molecule has 0 spiro atoms. The fourth-order valence-corrected chi connectivity index (χ4v) is 4.60. The average molecular weight is 373 g/mol. The summed E-state index contributed by atoms with van der Waals surface area (Å²) in [6, 6.07) is 4.39. The van der Waals surface area contributed by atoms with Crippen LogP contribution in [-0.2, 0) is 11.3 Å². The Kier molecular flexibility index (Phi) is 5.21. The van der Waals surface area contributed by atoms with Crippen LogP contribution in [0.3, 0.4) is 0 Å². The number of hydrogen-bond donors (Lipinski definition) is 0. The Balaban J connectivity index is 1.37. The van der Waals surface area contributed by atoms with Crippen molar-refractivity contribution in [1.82, 2.24) is 25.0 Å². The first-order valence-electron chi connectivity index (χ1n) is 9.01. The molecule has 2 bridgehead atoms. The normalized spacial score (nSPS) is 23.2. The number of carbonyl (C=O) groups is 1. The lowest BCUT2D eigenvalue weighted by molar-refractivity contribution is -0.132. The molecule has 3 fully saturated rings. The Bertz CT molecular complexity index is 753. The lowest BCUT2D eigenvalue weighted by Crippen LogP contribution is -2.48. The maximum Gasteiger partial charge on any atom is 0.277 e. The van der Waals surface area contributed by atoms with Gasteiger partial charge in [0.25, 0.3) is 5.22 Å². The van der Waals surface area contributed by atoms with Crippen molar-refractivity contribution in [2.75, 3.05) is 25.4 Å². The summed E-state index contributed by atoms with van der Waals surface area (Å²) in [5.74, 6) is 1.60. The topological polar surface area (TPSA) is 75.4 Å². The summed E-state index contributed by atoms with van der Waals surface area (Å²) in [7, 11) is 0. The molecule has 2 atom stereocenters. The smallest absolute Gasteiger partial charge is 0.277 e. The quantitative estimate of drug-likeness (QED) is 0.742. The first kappa shape index (κ1) is 17.5. The predicted molar refractivity (Wildman–Crippen MR) is 97.5 cm³/mol. The van der Waals surface area contributed by atoms with Crippen molar-refractivity contribution in [2.45, 2.75) is 37.6 Å². The minimum Gasteiger partial charge on any atom is -0.416 e. The number of aryl methyl sites for hydroxylation is 1. The van der Waals surface area contributed by atoms with E-state index in [1.54, 1.807) is 13.1 Å². The molecule has 8 heteroatoms. The molecule has 138 valence electrons. The highest BCUT2D eigenvalue weighted by Crippen LogP contribution is 2.29. The van der Waals surface area contributed by atoms with Crippen molar-refractivity contribution < 1.29 is 9.21 Å². The third kappa shape index (κ3) is 4.07. The van der Waals surface area contributed by atoms with E-state index in [9.17, 15) is 4.79 Å². The molecular formula is C18H23N5O2S. The number of carbonyl (C=O) groups excluding carboxylic acids is 1. The highest BCUT2D eigenvalue weighted by atomic mass is 32.2. The second kappa shape index (κ2) is 7.75. The van der Waals surface area contributed by atoms with Gasteiger partial charge in [0.1, 0.15) is 0 Å². The standard InChI is InChI=1S/C18H23N5O2S/c1-13-20-21-18(25-13)26-12-17(24)23-10-15-4-5-16(23)11-22(9-15)8-14-3-2-6-19-7-14/h2-3,6-7,15-16H,4-5,8-12H2,1H3/t15-,16+/m0/s1. The van der Waals surface area contributed by atoms with Crippen LogP contribution in [-0.4, -0.2) is 62.3 Å². The van der Waals surface area contributed by atoms with Crippen LogP contribution in [0, 0.1) is 12.8 Å². The molecule has 1 amide bonds. The second-order valence-corrected chi connectivity index (χ2v) is 8.00. The van der Waals surface area contributed by atoms with Crippen LogP contribution < -0.4 is 0 Å². The van der Waals surface area contributed by atoms with E-state index in [2.05, 4.69) is 31.0 Å². The Morgan fingerprint density at radius 2 is 2.23 bits per heavy atom. The zero-order valence-electron chi connectivity index (χ0n) is 14.9. The van der Waals surface area contributed by atoms with Crippen molar-refractivity contribution in [3.63, 3.8) is 0 Å². The maximum absolute atomic E-state index is 12.8. The summed E-state index contributed by atoms with van der Waals surface area (Å²) in [5, 5.41) is 8.22. The molecule has 3 aliphatic rings. The summed E-state index contributed by atoms with van der Waals surface area (Å²) in [6.45, 7) is 5.49. The number of amides is 1. The molecule has 2 aromatic rings. The van der Waals surface area contributed by atoms with E-state index in [0.29, 0.717) is 28.8 Å². The van der Waals surface area contributed by atoms with Gasteiger partial charge in [-0.3, -0.25) is 14.7 Å². The highest BCUT2D eigenvalue weighted by Gasteiger charge is 2.37. The van der Waals surface area contributed by atoms with Crippen molar-refractivity contribution >= 4 is 17.7 Å². The fraction of sp³-hybridized carbons (Fsp3) is 0.556. The van der Waals surface area contributed by atoms with Crippen molar-refractivity contribution in [1.29, 1.82) is 0 Å². The van der Waals surface area contributed by atoms with Crippen LogP contribution in [0.2, 0.25) is 0 Å². The average Bonchev–Trinajstić information content (AvgIpc) is 2.87. The zero-order chi connectivity index (χ0) is 17.9. The molecule has 3 aliphatic heterocycles. The molecule has 3 saturated heterocycles. The Labute approximate surface area is 157 Å². The molecule has 26 heavy (non-hydrogen) atoms. The van der Waals surface area contributed by atoms with Crippen LogP contribution in [0.25, 0.3) is 0 Å². The minimum atomic E-state index is 0.170. The van der Waals surface area contributed by atoms with Crippen LogP contribution in [0.15, 0.2) is 34.2 Å². The van der Waals surface area contributed by atoms with Crippen LogP contribution in [0.4, 0.5) is 0 Å². The van der Waals surface area contributed by atoms with Gasteiger partial charge < -0.3 is 9.32 Å². The number of rotatable bonds is 5. The van der Waals surface area contributed by atoms with Gasteiger partial charge in [0.2, 0.25) is 11.8 Å². The highest BCUT2D eigenvalue weighted by molar-refractivity contribution is 7.99. The monoisotopic (exact) mass is 373 g/mol. The Hall–Kier alpha value is -1.93. The van der Waals surface area contributed by atoms with Gasteiger partial charge in [0.15, 0.2) is 0 Å². The van der Waals surface area contributed by atoms with Crippen molar-refractivity contribution in [3.05, 3.63) is 36.0 Å². The van der Waals surface area contributed by atoms with Crippen LogP contribution in [0.1, 0.15) is 24.3 Å². The van der Waals surface area contributed by atoms with Crippen molar-refractivity contribution in [3.8, 4) is 0 Å². The van der Waals surface area contributed by atoms with E-state index in [0.717, 1.165) is 32.6 Å². The van der Waals surface area contributed by atoms with Gasteiger partial charge in [-0.05, 0) is 30.4 Å². The molecule has 2 aromatic heterocycles. The van der Waals surface area contributed by atoms with Gasteiger partial charge in [-0.2, -0.15) is 0 Å². The molecule has 0 unspecified atom stereocenters. The summed E-state index contributed by atoms with van der Waals surface area (Å²) in [4.78, 5) is 21.5. The zero-order valence-corrected chi connectivity index (χ0v) is 15.7.